The van der Waals surface area contributed by atoms with Gasteiger partial charge in [0.2, 0.25) is 5.88 Å². The van der Waals surface area contributed by atoms with Crippen LogP contribution in [0.3, 0.4) is 0 Å². The van der Waals surface area contributed by atoms with Crippen LogP contribution in [0.15, 0.2) is 23.3 Å². The molecule has 18 heavy (non-hydrogen) atoms. The van der Waals surface area contributed by atoms with Crippen molar-refractivity contribution in [2.75, 3.05) is 13.2 Å². The van der Waals surface area contributed by atoms with Gasteiger partial charge in [0.25, 0.3) is 0 Å². The monoisotopic (exact) mass is 384 g/mol. The zero-order valence-electron chi connectivity index (χ0n) is 10.4. The largest absolute Gasteiger partial charge is 0.476 e. The lowest BCUT2D eigenvalue weighted by Crippen LogP contribution is -2.37. The van der Waals surface area contributed by atoms with Crippen LogP contribution in [0, 0.1) is 0 Å². The minimum atomic E-state index is 0. The first-order chi connectivity index (χ1) is 8.08. The molecule has 0 spiro atoms. The van der Waals surface area contributed by atoms with Crippen LogP contribution in [0.4, 0.5) is 0 Å². The molecule has 7 heteroatoms. The van der Waals surface area contributed by atoms with Crippen LogP contribution in [0.1, 0.15) is 13.8 Å². The lowest BCUT2D eigenvalue weighted by molar-refractivity contribution is 0.316. The quantitative estimate of drug-likeness (QED) is 0.353. The molecule has 1 heterocycles. The summed E-state index contributed by atoms with van der Waals surface area (Å²) in [4.78, 5) is 8.10. The molecule has 5 nitrogen and oxygen atoms in total. The molecule has 0 aliphatic rings. The molecule has 0 unspecified atom stereocenters. The van der Waals surface area contributed by atoms with Crippen molar-refractivity contribution in [2.45, 2.75) is 19.9 Å². The maximum atomic E-state index is 5.70. The summed E-state index contributed by atoms with van der Waals surface area (Å²) in [5, 5.41) is 3.57. The van der Waals surface area contributed by atoms with E-state index in [1.807, 2.05) is 13.8 Å². The molecule has 3 N–H and O–H groups in total. The van der Waals surface area contributed by atoms with Crippen LogP contribution < -0.4 is 15.8 Å². The van der Waals surface area contributed by atoms with E-state index in [1.54, 1.807) is 12.1 Å². The molecule has 0 fully saturated rings. The minimum Gasteiger partial charge on any atom is -0.476 e. The van der Waals surface area contributed by atoms with Crippen LogP contribution in [-0.4, -0.2) is 30.1 Å². The zero-order chi connectivity index (χ0) is 12.7. The number of halogens is 2. The van der Waals surface area contributed by atoms with E-state index in [0.29, 0.717) is 30.0 Å². The fourth-order valence-corrected chi connectivity index (χ4v) is 1.22. The Hall–Kier alpha value is -0.760. The fourth-order valence-electron chi connectivity index (χ4n) is 1.11. The van der Waals surface area contributed by atoms with Gasteiger partial charge in [-0.25, -0.2) is 9.98 Å². The summed E-state index contributed by atoms with van der Waals surface area (Å²) in [7, 11) is 0. The van der Waals surface area contributed by atoms with Gasteiger partial charge in [-0.1, -0.05) is 11.6 Å². The molecule has 0 aliphatic carbocycles. The number of pyridine rings is 1. The maximum absolute atomic E-state index is 5.70. The second-order valence-corrected chi connectivity index (χ2v) is 4.17. The Kier molecular flexibility index (Phi) is 8.82. The number of nitrogens with one attached hydrogen (secondary N) is 1. The van der Waals surface area contributed by atoms with Crippen LogP contribution in [-0.2, 0) is 0 Å². The predicted molar refractivity (Wildman–Crippen MR) is 84.9 cm³/mol. The first-order valence-electron chi connectivity index (χ1n) is 5.38. The first kappa shape index (κ1) is 17.2. The second-order valence-electron chi connectivity index (χ2n) is 3.73. The Morgan fingerprint density at radius 2 is 2.28 bits per heavy atom. The zero-order valence-corrected chi connectivity index (χ0v) is 13.5. The third-order valence-electron chi connectivity index (χ3n) is 1.76. The van der Waals surface area contributed by atoms with Crippen molar-refractivity contribution >= 4 is 41.5 Å². The molecule has 1 aromatic heterocycles. The third-order valence-corrected chi connectivity index (χ3v) is 1.98. The molecular weight excluding hydrogens is 367 g/mol. The van der Waals surface area contributed by atoms with Crippen molar-refractivity contribution in [1.82, 2.24) is 10.3 Å². The average molecular weight is 385 g/mol. The molecular formula is C11H18ClIN4O. The number of aliphatic imine (C=N–C) groups is 1. The van der Waals surface area contributed by atoms with E-state index in [-0.39, 0.29) is 30.0 Å². The molecule has 0 amide bonds. The van der Waals surface area contributed by atoms with Crippen LogP contribution in [0.25, 0.3) is 0 Å². The highest BCUT2D eigenvalue weighted by atomic mass is 127. The van der Waals surface area contributed by atoms with Gasteiger partial charge in [-0.3, -0.25) is 0 Å². The van der Waals surface area contributed by atoms with Gasteiger partial charge in [0, 0.05) is 18.3 Å². The number of guanidine groups is 1. The minimum absolute atomic E-state index is 0. The van der Waals surface area contributed by atoms with E-state index in [4.69, 9.17) is 22.1 Å². The normalized spacial score (nSPS) is 11.0. The Balaban J connectivity index is 0.00000289. The summed E-state index contributed by atoms with van der Waals surface area (Å²) in [5.74, 6) is 0.952. The van der Waals surface area contributed by atoms with Gasteiger partial charge >= 0.3 is 0 Å². The highest BCUT2D eigenvalue weighted by molar-refractivity contribution is 14.0. The van der Waals surface area contributed by atoms with Gasteiger partial charge in [0.15, 0.2) is 5.96 Å². The van der Waals surface area contributed by atoms with Gasteiger partial charge in [-0.05, 0) is 19.9 Å². The molecule has 0 saturated carbocycles. The highest BCUT2D eigenvalue weighted by Gasteiger charge is 1.96. The number of hydrogen-bond acceptors (Lipinski definition) is 3. The van der Waals surface area contributed by atoms with Crippen molar-refractivity contribution in [3.63, 3.8) is 0 Å². The number of nitrogens with two attached hydrogens (primary N) is 1. The molecule has 0 radical (unpaired) electrons. The Morgan fingerprint density at radius 1 is 1.56 bits per heavy atom. The standard InChI is InChI=1S/C11H17ClN4O.HI/c1-8(2)16-11(13)14-5-6-17-10-4-3-9(12)7-15-10;/h3-4,7-8H,5-6H2,1-2H3,(H3,13,14,16);1H. The van der Waals surface area contributed by atoms with Crippen LogP contribution >= 0.6 is 35.6 Å². The van der Waals surface area contributed by atoms with Gasteiger partial charge in [-0.15, -0.1) is 24.0 Å². The lowest BCUT2D eigenvalue weighted by atomic mass is 10.4. The predicted octanol–water partition coefficient (Wildman–Crippen LogP) is 2.04. The van der Waals surface area contributed by atoms with Gasteiger partial charge in [0.1, 0.15) is 6.61 Å². The summed E-state index contributed by atoms with van der Waals surface area (Å²) < 4.78 is 5.36. The topological polar surface area (TPSA) is 72.5 Å². The van der Waals surface area contributed by atoms with Crippen molar-refractivity contribution in [3.05, 3.63) is 23.4 Å². The Morgan fingerprint density at radius 3 is 2.83 bits per heavy atom. The number of nitrogens with zero attached hydrogens (tertiary/aromatic N) is 2. The fraction of sp³-hybridized carbons (Fsp3) is 0.455. The SMILES string of the molecule is CC(C)NC(N)=NCCOc1ccc(Cl)cn1.I. The summed E-state index contributed by atoms with van der Waals surface area (Å²) in [5.41, 5.74) is 5.62. The van der Waals surface area contributed by atoms with E-state index >= 15 is 0 Å². The summed E-state index contributed by atoms with van der Waals surface area (Å²) in [6.07, 6.45) is 1.54. The number of aromatic nitrogens is 1. The van der Waals surface area contributed by atoms with Crippen molar-refractivity contribution in [3.8, 4) is 5.88 Å². The second kappa shape index (κ2) is 9.21. The van der Waals surface area contributed by atoms with E-state index in [9.17, 15) is 0 Å². The molecule has 0 saturated heterocycles. The summed E-state index contributed by atoms with van der Waals surface area (Å²) in [6, 6.07) is 3.71. The molecule has 1 aromatic rings. The Bertz CT molecular complexity index is 370. The van der Waals surface area contributed by atoms with Gasteiger partial charge in [0.05, 0.1) is 11.6 Å². The van der Waals surface area contributed by atoms with E-state index in [0.717, 1.165) is 0 Å². The highest BCUT2D eigenvalue weighted by Crippen LogP contribution is 2.10. The van der Waals surface area contributed by atoms with Crippen LogP contribution in [0.2, 0.25) is 5.02 Å². The Labute approximate surface area is 129 Å². The van der Waals surface area contributed by atoms with Crippen molar-refractivity contribution < 1.29 is 4.74 Å². The van der Waals surface area contributed by atoms with Crippen molar-refractivity contribution in [1.29, 1.82) is 0 Å². The van der Waals surface area contributed by atoms with Gasteiger partial charge in [-0.2, -0.15) is 0 Å². The van der Waals surface area contributed by atoms with Crippen molar-refractivity contribution in [2.24, 2.45) is 10.7 Å². The van der Waals surface area contributed by atoms with E-state index in [1.165, 1.54) is 6.20 Å². The molecule has 1 rings (SSSR count). The first-order valence-corrected chi connectivity index (χ1v) is 5.76. The number of hydrogen-bond donors (Lipinski definition) is 2. The van der Waals surface area contributed by atoms with E-state index < -0.39 is 0 Å². The molecule has 0 aromatic carbocycles. The smallest absolute Gasteiger partial charge is 0.213 e. The summed E-state index contributed by atoms with van der Waals surface area (Å²) >= 11 is 5.70. The number of rotatable bonds is 5. The summed E-state index contributed by atoms with van der Waals surface area (Å²) in [6.45, 7) is 4.90. The maximum Gasteiger partial charge on any atom is 0.213 e. The molecule has 0 aliphatic heterocycles. The van der Waals surface area contributed by atoms with Crippen LogP contribution in [0.5, 0.6) is 5.88 Å². The van der Waals surface area contributed by atoms with Gasteiger partial charge < -0.3 is 15.8 Å². The number of ether oxygens (including phenoxy) is 1. The third kappa shape index (κ3) is 7.54. The average Bonchev–Trinajstić information content (AvgIpc) is 2.26. The van der Waals surface area contributed by atoms with E-state index in [2.05, 4.69) is 15.3 Å². The lowest BCUT2D eigenvalue weighted by Gasteiger charge is -2.08. The molecule has 0 bridgehead atoms. The molecule has 102 valence electrons. The molecule has 0 atom stereocenters.